The van der Waals surface area contributed by atoms with E-state index in [1.807, 2.05) is 0 Å². The Kier molecular flexibility index (Phi) is 6.46. The number of rotatable bonds is 8. The van der Waals surface area contributed by atoms with Crippen molar-refractivity contribution in [3.63, 3.8) is 0 Å². The van der Waals surface area contributed by atoms with Gasteiger partial charge in [0.1, 0.15) is 18.2 Å². The molecule has 0 aliphatic heterocycles. The van der Waals surface area contributed by atoms with Crippen molar-refractivity contribution < 1.29 is 14.3 Å². The first-order valence-electron chi connectivity index (χ1n) is 10.4. The van der Waals surface area contributed by atoms with Gasteiger partial charge in [-0.3, -0.25) is 4.79 Å². The van der Waals surface area contributed by atoms with Crippen molar-refractivity contribution in [2.75, 3.05) is 11.1 Å². The number of aromatic nitrogens is 1. The van der Waals surface area contributed by atoms with Gasteiger partial charge in [0.2, 0.25) is 5.91 Å². The number of nitrogen functional groups attached to an aromatic ring is 1. The lowest BCUT2D eigenvalue weighted by molar-refractivity contribution is -0.121. The summed E-state index contributed by atoms with van der Waals surface area (Å²) >= 11 is 5.95. The largest absolute Gasteiger partial charge is 0.507 e. The molecule has 1 heterocycles. The fraction of sp³-hybridized carbons (Fsp3) is 0.250. The zero-order valence-corrected chi connectivity index (χ0v) is 18.1. The van der Waals surface area contributed by atoms with Gasteiger partial charge in [0.05, 0.1) is 5.69 Å². The van der Waals surface area contributed by atoms with Crippen LogP contribution in [0.15, 0.2) is 48.5 Å². The van der Waals surface area contributed by atoms with Gasteiger partial charge >= 0.3 is 0 Å². The van der Waals surface area contributed by atoms with E-state index >= 15 is 0 Å². The molecule has 166 valence electrons. The van der Waals surface area contributed by atoms with Crippen LogP contribution in [0.4, 0.5) is 21.6 Å². The first-order chi connectivity index (χ1) is 15.4. The highest BCUT2D eigenvalue weighted by atomic mass is 35.5. The van der Waals surface area contributed by atoms with E-state index in [2.05, 4.69) is 15.6 Å². The van der Waals surface area contributed by atoms with Crippen molar-refractivity contribution in [3.05, 3.63) is 64.7 Å². The quantitative estimate of drug-likeness (QED) is 0.345. The van der Waals surface area contributed by atoms with Gasteiger partial charge in [0.25, 0.3) is 0 Å². The maximum absolute atomic E-state index is 13.3. The third-order valence-corrected chi connectivity index (χ3v) is 5.66. The lowest BCUT2D eigenvalue weighted by Crippen LogP contribution is -2.23. The topological polar surface area (TPSA) is 100 Å². The fourth-order valence-electron chi connectivity index (χ4n) is 3.42. The third kappa shape index (κ3) is 5.29. The smallest absolute Gasteiger partial charge is 0.220 e. The molecule has 1 aliphatic carbocycles. The summed E-state index contributed by atoms with van der Waals surface area (Å²) in [7, 11) is 0. The molecule has 0 unspecified atom stereocenters. The van der Waals surface area contributed by atoms with Crippen molar-refractivity contribution >= 4 is 34.7 Å². The molecule has 2 aromatic carbocycles. The fourth-order valence-corrected chi connectivity index (χ4v) is 3.62. The molecule has 8 heteroatoms. The number of nitrogens with zero attached hydrogens (tertiary/aromatic N) is 1. The van der Waals surface area contributed by atoms with Gasteiger partial charge in [-0.1, -0.05) is 17.7 Å². The Bertz CT molecular complexity index is 1150. The molecule has 1 amide bonds. The monoisotopic (exact) mass is 454 g/mol. The van der Waals surface area contributed by atoms with Gasteiger partial charge in [0.15, 0.2) is 0 Å². The number of nitrogens with one attached hydrogen (secondary N) is 2. The SMILES string of the molecule is Nc1nc(-c2cc(Nc3ccc(Cl)cc3CF)ccc2O)ccc1CNC(=O)CC1CC1. The first-order valence-corrected chi connectivity index (χ1v) is 10.8. The Labute approximate surface area is 190 Å². The van der Waals surface area contributed by atoms with Crippen LogP contribution < -0.4 is 16.4 Å². The van der Waals surface area contributed by atoms with E-state index in [9.17, 15) is 14.3 Å². The van der Waals surface area contributed by atoms with Gasteiger partial charge < -0.3 is 21.5 Å². The van der Waals surface area contributed by atoms with Crippen LogP contribution in [0.5, 0.6) is 5.75 Å². The zero-order chi connectivity index (χ0) is 22.7. The van der Waals surface area contributed by atoms with Crippen molar-refractivity contribution in [2.45, 2.75) is 32.5 Å². The normalized spacial score (nSPS) is 13.1. The highest BCUT2D eigenvalue weighted by Gasteiger charge is 2.24. The van der Waals surface area contributed by atoms with Crippen LogP contribution in [0.2, 0.25) is 5.02 Å². The van der Waals surface area contributed by atoms with Crippen LogP contribution in [0.3, 0.4) is 0 Å². The van der Waals surface area contributed by atoms with E-state index in [4.69, 9.17) is 17.3 Å². The first kappa shape index (κ1) is 21.9. The van der Waals surface area contributed by atoms with Crippen molar-refractivity contribution in [2.24, 2.45) is 5.92 Å². The molecule has 0 radical (unpaired) electrons. The Balaban J connectivity index is 1.51. The maximum Gasteiger partial charge on any atom is 0.220 e. The molecule has 3 aromatic rings. The number of halogens is 2. The Morgan fingerprint density at radius 2 is 1.97 bits per heavy atom. The summed E-state index contributed by atoms with van der Waals surface area (Å²) in [6.07, 6.45) is 2.80. The lowest BCUT2D eigenvalue weighted by atomic mass is 10.1. The number of pyridine rings is 1. The van der Waals surface area contributed by atoms with E-state index in [0.717, 1.165) is 12.8 Å². The summed E-state index contributed by atoms with van der Waals surface area (Å²) < 4.78 is 13.3. The predicted molar refractivity (Wildman–Crippen MR) is 124 cm³/mol. The summed E-state index contributed by atoms with van der Waals surface area (Å²) in [4.78, 5) is 16.3. The molecule has 1 aliphatic rings. The van der Waals surface area contributed by atoms with Crippen LogP contribution in [0.1, 0.15) is 30.4 Å². The summed E-state index contributed by atoms with van der Waals surface area (Å²) in [5.74, 6) is 0.854. The second-order valence-electron chi connectivity index (χ2n) is 7.96. The maximum atomic E-state index is 13.3. The number of aromatic hydroxyl groups is 1. The number of amides is 1. The number of nitrogens with two attached hydrogens (primary N) is 1. The highest BCUT2D eigenvalue weighted by molar-refractivity contribution is 6.30. The van der Waals surface area contributed by atoms with Crippen LogP contribution in [-0.4, -0.2) is 16.0 Å². The lowest BCUT2D eigenvalue weighted by Gasteiger charge is -2.14. The van der Waals surface area contributed by atoms with E-state index in [1.165, 1.54) is 6.07 Å². The highest BCUT2D eigenvalue weighted by Crippen LogP contribution is 2.34. The number of hydrogen-bond acceptors (Lipinski definition) is 5. The van der Waals surface area contributed by atoms with Crippen molar-refractivity contribution in [1.82, 2.24) is 10.3 Å². The minimum Gasteiger partial charge on any atom is -0.507 e. The summed E-state index contributed by atoms with van der Waals surface area (Å²) in [5.41, 5.74) is 9.44. The van der Waals surface area contributed by atoms with Gasteiger partial charge in [-0.2, -0.15) is 0 Å². The Morgan fingerprint density at radius 1 is 1.16 bits per heavy atom. The Morgan fingerprint density at radius 3 is 2.69 bits per heavy atom. The number of benzene rings is 2. The number of phenolic OH excluding ortho intramolecular Hbond substituents is 1. The average molecular weight is 455 g/mol. The number of carbonyl (C=O) groups excluding carboxylic acids is 1. The molecular weight excluding hydrogens is 431 g/mol. The van der Waals surface area contributed by atoms with Gasteiger partial charge in [-0.25, -0.2) is 9.37 Å². The average Bonchev–Trinajstić information content (AvgIpc) is 3.59. The van der Waals surface area contributed by atoms with E-state index in [0.29, 0.717) is 57.7 Å². The van der Waals surface area contributed by atoms with E-state index < -0.39 is 6.67 Å². The van der Waals surface area contributed by atoms with E-state index in [-0.39, 0.29) is 17.5 Å². The van der Waals surface area contributed by atoms with Gasteiger partial charge in [-0.15, -0.1) is 0 Å². The minimum atomic E-state index is -0.662. The molecule has 0 spiro atoms. The minimum absolute atomic E-state index is 0.0160. The number of carbonyl (C=O) groups is 1. The third-order valence-electron chi connectivity index (χ3n) is 5.42. The second-order valence-corrected chi connectivity index (χ2v) is 8.39. The molecule has 0 atom stereocenters. The van der Waals surface area contributed by atoms with E-state index in [1.54, 1.807) is 42.5 Å². The van der Waals surface area contributed by atoms with Gasteiger partial charge in [0, 0.05) is 46.1 Å². The summed E-state index contributed by atoms with van der Waals surface area (Å²) in [6, 6.07) is 13.4. The molecule has 0 saturated heterocycles. The molecular formula is C24H24ClFN4O2. The molecule has 1 aromatic heterocycles. The number of hydrogen-bond donors (Lipinski definition) is 4. The molecule has 5 N–H and O–H groups in total. The van der Waals surface area contributed by atoms with Crippen LogP contribution in [-0.2, 0) is 18.0 Å². The van der Waals surface area contributed by atoms with Crippen LogP contribution in [0, 0.1) is 5.92 Å². The molecule has 1 saturated carbocycles. The molecule has 6 nitrogen and oxygen atoms in total. The Hall–Kier alpha value is -3.32. The van der Waals surface area contributed by atoms with Crippen LogP contribution >= 0.6 is 11.6 Å². The molecule has 32 heavy (non-hydrogen) atoms. The zero-order valence-electron chi connectivity index (χ0n) is 17.4. The molecule has 4 rings (SSSR count). The molecule has 0 bridgehead atoms. The van der Waals surface area contributed by atoms with Crippen molar-refractivity contribution in [3.8, 4) is 17.0 Å². The number of alkyl halides is 1. The summed E-state index contributed by atoms with van der Waals surface area (Å²) in [6.45, 7) is -0.356. The second kappa shape index (κ2) is 9.44. The van der Waals surface area contributed by atoms with Crippen molar-refractivity contribution in [1.29, 1.82) is 0 Å². The standard InChI is InChI=1S/C24H24ClFN4O2/c25-17-4-7-20(16(10-17)12-26)29-18-5-8-22(31)19(11-18)21-6-3-15(24(27)30-21)13-28-23(32)9-14-1-2-14/h3-8,10-11,14,29,31H,1-2,9,12-13H2,(H2,27,30)(H,28,32). The molecule has 1 fully saturated rings. The van der Waals surface area contributed by atoms with Crippen LogP contribution in [0.25, 0.3) is 11.3 Å². The number of phenols is 1. The summed E-state index contributed by atoms with van der Waals surface area (Å²) in [5, 5.41) is 16.9. The predicted octanol–water partition coefficient (Wildman–Crippen LogP) is 5.32. The number of anilines is 3. The van der Waals surface area contributed by atoms with Gasteiger partial charge in [-0.05, 0) is 61.2 Å².